The minimum Gasteiger partial charge on any atom is -0.309 e. The molecule has 0 radical (unpaired) electrons. The molecule has 1 aliphatic heterocycles. The van der Waals surface area contributed by atoms with Gasteiger partial charge in [0.1, 0.15) is 0 Å². The fraction of sp³-hybridized carbons (Fsp3) is 0.769. The van der Waals surface area contributed by atoms with E-state index in [0.29, 0.717) is 6.04 Å². The van der Waals surface area contributed by atoms with E-state index in [1.807, 2.05) is 5.51 Å². The number of likely N-dealkylation sites (tertiary alicyclic amines) is 1. The van der Waals surface area contributed by atoms with E-state index in [-0.39, 0.29) is 0 Å². The molecule has 1 fully saturated rings. The molecule has 0 aromatic carbocycles. The Kier molecular flexibility index (Phi) is 5.42. The molecule has 1 N–H and O–H groups in total. The molecule has 1 aliphatic rings. The summed E-state index contributed by atoms with van der Waals surface area (Å²) >= 11 is 1.67. The fourth-order valence-electron chi connectivity index (χ4n) is 2.34. The van der Waals surface area contributed by atoms with Crippen molar-refractivity contribution in [3.8, 4) is 0 Å². The van der Waals surface area contributed by atoms with Crippen LogP contribution in [0.3, 0.4) is 0 Å². The smallest absolute Gasteiger partial charge is 0.0795 e. The summed E-state index contributed by atoms with van der Waals surface area (Å²) in [6.45, 7) is 7.14. The molecule has 0 saturated carbocycles. The Hall–Kier alpha value is -0.450. The van der Waals surface area contributed by atoms with E-state index in [4.69, 9.17) is 0 Å². The molecule has 17 heavy (non-hydrogen) atoms. The van der Waals surface area contributed by atoms with E-state index in [1.54, 1.807) is 11.3 Å². The third kappa shape index (κ3) is 4.37. The summed E-state index contributed by atoms with van der Waals surface area (Å²) in [7, 11) is 0. The number of piperidine rings is 1. The predicted octanol–water partition coefficient (Wildman–Crippen LogP) is 2.67. The highest BCUT2D eigenvalue weighted by Gasteiger charge is 2.10. The highest BCUT2D eigenvalue weighted by Crippen LogP contribution is 2.12. The van der Waals surface area contributed by atoms with Crippen LogP contribution in [-0.4, -0.2) is 36.1 Å². The molecular weight excluding hydrogens is 230 g/mol. The van der Waals surface area contributed by atoms with Crippen molar-refractivity contribution in [2.24, 2.45) is 0 Å². The molecule has 0 spiro atoms. The lowest BCUT2D eigenvalue weighted by Gasteiger charge is -2.26. The third-order valence-electron chi connectivity index (χ3n) is 3.45. The molecule has 0 amide bonds. The van der Waals surface area contributed by atoms with Crippen molar-refractivity contribution in [1.82, 2.24) is 15.2 Å². The molecule has 96 valence electrons. The van der Waals surface area contributed by atoms with Gasteiger partial charge in [0.25, 0.3) is 0 Å². The summed E-state index contributed by atoms with van der Waals surface area (Å²) in [6, 6.07) is 0.391. The molecule has 3 nitrogen and oxygen atoms in total. The summed E-state index contributed by atoms with van der Waals surface area (Å²) < 4.78 is 0. The van der Waals surface area contributed by atoms with Crippen LogP contribution in [0.2, 0.25) is 0 Å². The average molecular weight is 253 g/mol. The fourth-order valence-corrected chi connectivity index (χ4v) is 2.99. The van der Waals surface area contributed by atoms with E-state index in [2.05, 4.69) is 27.5 Å². The van der Waals surface area contributed by atoms with Gasteiger partial charge in [0.2, 0.25) is 0 Å². The van der Waals surface area contributed by atoms with Gasteiger partial charge in [0.05, 0.1) is 11.2 Å². The standard InChI is InChI=1S/C13H23N3S/c1-12(13-10-17-11-15-13)14-6-5-9-16-7-3-2-4-8-16/h10-12,14H,2-9H2,1H3. The average Bonchev–Trinajstić information content (AvgIpc) is 2.89. The molecule has 1 aromatic heterocycles. The van der Waals surface area contributed by atoms with E-state index in [1.165, 1.54) is 51.0 Å². The number of thiazole rings is 1. The SMILES string of the molecule is CC(NCCCN1CCCCC1)c1cscn1. The zero-order valence-corrected chi connectivity index (χ0v) is 11.5. The first-order chi connectivity index (χ1) is 8.36. The van der Waals surface area contributed by atoms with Gasteiger partial charge in [-0.25, -0.2) is 4.98 Å². The van der Waals surface area contributed by atoms with Crippen molar-refractivity contribution in [3.05, 3.63) is 16.6 Å². The zero-order chi connectivity index (χ0) is 11.9. The second kappa shape index (κ2) is 7.09. The topological polar surface area (TPSA) is 28.2 Å². The molecule has 2 rings (SSSR count). The Morgan fingerprint density at radius 1 is 1.41 bits per heavy atom. The maximum Gasteiger partial charge on any atom is 0.0795 e. The van der Waals surface area contributed by atoms with Crippen LogP contribution in [0, 0.1) is 0 Å². The number of hydrogen-bond donors (Lipinski definition) is 1. The van der Waals surface area contributed by atoms with Gasteiger partial charge in [0, 0.05) is 11.4 Å². The summed E-state index contributed by atoms with van der Waals surface area (Å²) in [5.41, 5.74) is 3.08. The van der Waals surface area contributed by atoms with Gasteiger partial charge >= 0.3 is 0 Å². The second-order valence-electron chi connectivity index (χ2n) is 4.84. The molecule has 4 heteroatoms. The number of nitrogens with one attached hydrogen (secondary N) is 1. The largest absolute Gasteiger partial charge is 0.309 e. The van der Waals surface area contributed by atoms with Crippen molar-refractivity contribution in [1.29, 1.82) is 0 Å². The van der Waals surface area contributed by atoms with Crippen LogP contribution in [0.4, 0.5) is 0 Å². The normalized spacial score (nSPS) is 19.4. The van der Waals surface area contributed by atoms with E-state index in [9.17, 15) is 0 Å². The summed E-state index contributed by atoms with van der Waals surface area (Å²) in [4.78, 5) is 6.93. The van der Waals surface area contributed by atoms with Crippen LogP contribution in [0.1, 0.15) is 44.3 Å². The van der Waals surface area contributed by atoms with E-state index >= 15 is 0 Å². The Morgan fingerprint density at radius 2 is 2.24 bits per heavy atom. The van der Waals surface area contributed by atoms with Crippen molar-refractivity contribution >= 4 is 11.3 Å². The molecular formula is C13H23N3S. The van der Waals surface area contributed by atoms with Crippen LogP contribution >= 0.6 is 11.3 Å². The van der Waals surface area contributed by atoms with Crippen LogP contribution in [-0.2, 0) is 0 Å². The molecule has 0 bridgehead atoms. The highest BCUT2D eigenvalue weighted by molar-refractivity contribution is 7.07. The number of aromatic nitrogens is 1. The van der Waals surface area contributed by atoms with Crippen molar-refractivity contribution < 1.29 is 0 Å². The summed E-state index contributed by atoms with van der Waals surface area (Å²) in [6.07, 6.45) is 5.45. The van der Waals surface area contributed by atoms with Gasteiger partial charge in [-0.3, -0.25) is 0 Å². The van der Waals surface area contributed by atoms with Crippen LogP contribution in [0.15, 0.2) is 10.9 Å². The van der Waals surface area contributed by atoms with Crippen LogP contribution in [0.5, 0.6) is 0 Å². The highest BCUT2D eigenvalue weighted by atomic mass is 32.1. The first-order valence-electron chi connectivity index (χ1n) is 6.70. The van der Waals surface area contributed by atoms with E-state index < -0.39 is 0 Å². The third-order valence-corrected chi connectivity index (χ3v) is 4.05. The molecule has 1 atom stereocenters. The van der Waals surface area contributed by atoms with Crippen molar-refractivity contribution in [2.75, 3.05) is 26.2 Å². The Labute approximate surface area is 108 Å². The lowest BCUT2D eigenvalue weighted by Crippen LogP contribution is -2.32. The van der Waals surface area contributed by atoms with Gasteiger partial charge in [-0.05, 0) is 52.4 Å². The lowest BCUT2D eigenvalue weighted by atomic mass is 10.1. The quantitative estimate of drug-likeness (QED) is 0.790. The zero-order valence-electron chi connectivity index (χ0n) is 10.7. The first-order valence-corrected chi connectivity index (χ1v) is 7.64. The van der Waals surface area contributed by atoms with Crippen molar-refractivity contribution in [3.63, 3.8) is 0 Å². The minimum atomic E-state index is 0.391. The molecule has 0 aliphatic carbocycles. The molecule has 1 unspecified atom stereocenters. The lowest BCUT2D eigenvalue weighted by molar-refractivity contribution is 0.225. The van der Waals surface area contributed by atoms with Gasteiger partial charge in [-0.1, -0.05) is 6.42 Å². The Bertz CT molecular complexity index is 294. The second-order valence-corrected chi connectivity index (χ2v) is 5.56. The monoisotopic (exact) mass is 253 g/mol. The first kappa shape index (κ1) is 13.0. The molecule has 2 heterocycles. The Morgan fingerprint density at radius 3 is 2.94 bits per heavy atom. The molecule has 1 aromatic rings. The summed E-state index contributed by atoms with van der Waals surface area (Å²) in [5.74, 6) is 0. The van der Waals surface area contributed by atoms with Crippen LogP contribution in [0.25, 0.3) is 0 Å². The van der Waals surface area contributed by atoms with E-state index in [0.717, 1.165) is 6.54 Å². The van der Waals surface area contributed by atoms with Crippen molar-refractivity contribution in [2.45, 2.75) is 38.6 Å². The Balaban J connectivity index is 1.56. The van der Waals surface area contributed by atoms with Gasteiger partial charge in [-0.15, -0.1) is 11.3 Å². The van der Waals surface area contributed by atoms with Gasteiger partial charge < -0.3 is 10.2 Å². The minimum absolute atomic E-state index is 0.391. The number of nitrogens with zero attached hydrogens (tertiary/aromatic N) is 2. The number of hydrogen-bond acceptors (Lipinski definition) is 4. The predicted molar refractivity (Wildman–Crippen MR) is 73.4 cm³/mol. The van der Waals surface area contributed by atoms with Gasteiger partial charge in [-0.2, -0.15) is 0 Å². The maximum absolute atomic E-state index is 4.33. The van der Waals surface area contributed by atoms with Crippen LogP contribution < -0.4 is 5.32 Å². The number of rotatable bonds is 6. The molecule has 1 saturated heterocycles. The maximum atomic E-state index is 4.33. The van der Waals surface area contributed by atoms with Gasteiger partial charge in [0.15, 0.2) is 0 Å². The summed E-state index contributed by atoms with van der Waals surface area (Å²) in [5, 5.41) is 5.67.